The zero-order chi connectivity index (χ0) is 25.1. The normalized spacial score (nSPS) is 10.7. The second kappa shape index (κ2) is 12.9. The minimum atomic E-state index is -0.614. The van der Waals surface area contributed by atoms with Crippen LogP contribution in [0.15, 0.2) is 58.2 Å². The van der Waals surface area contributed by atoms with Crippen molar-refractivity contribution in [3.05, 3.63) is 64.6 Å². The SMILES string of the molecule is CC.COc1ccccc1Oc1c(OCCO)nc(=O)[nH]c1NSc1ccc(C(C)(C)C)cc1. The van der Waals surface area contributed by atoms with Crippen LogP contribution >= 0.6 is 11.9 Å². The van der Waals surface area contributed by atoms with Crippen molar-refractivity contribution in [1.82, 2.24) is 9.97 Å². The molecule has 9 heteroatoms. The van der Waals surface area contributed by atoms with E-state index in [0.29, 0.717) is 11.5 Å². The lowest BCUT2D eigenvalue weighted by atomic mass is 9.87. The van der Waals surface area contributed by atoms with E-state index in [9.17, 15) is 4.79 Å². The van der Waals surface area contributed by atoms with Crippen molar-refractivity contribution >= 4 is 17.8 Å². The van der Waals surface area contributed by atoms with Crippen molar-refractivity contribution in [1.29, 1.82) is 0 Å². The summed E-state index contributed by atoms with van der Waals surface area (Å²) in [6.07, 6.45) is 0. The molecular formula is C25H33N3O5S. The Hall–Kier alpha value is -3.17. The van der Waals surface area contributed by atoms with Crippen LogP contribution in [0.1, 0.15) is 40.2 Å². The Morgan fingerprint density at radius 1 is 1.06 bits per heavy atom. The number of methoxy groups -OCH3 is 1. The van der Waals surface area contributed by atoms with E-state index in [0.717, 1.165) is 4.90 Å². The molecule has 2 aromatic carbocycles. The van der Waals surface area contributed by atoms with Gasteiger partial charge in [-0.2, -0.15) is 4.98 Å². The number of nitrogens with one attached hydrogen (secondary N) is 2. The quantitative estimate of drug-likeness (QED) is 0.345. The maximum atomic E-state index is 12.1. The van der Waals surface area contributed by atoms with Crippen LogP contribution in [0.5, 0.6) is 23.1 Å². The summed E-state index contributed by atoms with van der Waals surface area (Å²) >= 11 is 1.30. The first-order valence-corrected chi connectivity index (χ1v) is 11.9. The van der Waals surface area contributed by atoms with Crippen molar-refractivity contribution in [3.8, 4) is 23.1 Å². The number of hydrogen-bond donors (Lipinski definition) is 3. The largest absolute Gasteiger partial charge is 0.493 e. The van der Waals surface area contributed by atoms with Crippen LogP contribution in [0.25, 0.3) is 0 Å². The lowest BCUT2D eigenvalue weighted by Crippen LogP contribution is -2.16. The number of rotatable bonds is 9. The minimum absolute atomic E-state index is 0.0418. The van der Waals surface area contributed by atoms with Gasteiger partial charge < -0.3 is 24.0 Å². The van der Waals surface area contributed by atoms with Gasteiger partial charge in [0.1, 0.15) is 6.61 Å². The third-order valence-corrected chi connectivity index (χ3v) is 5.27. The van der Waals surface area contributed by atoms with Gasteiger partial charge in [-0.15, -0.1) is 0 Å². The van der Waals surface area contributed by atoms with E-state index in [1.807, 2.05) is 32.0 Å². The van der Waals surface area contributed by atoms with E-state index in [1.54, 1.807) is 18.2 Å². The van der Waals surface area contributed by atoms with Crippen molar-refractivity contribution in [2.24, 2.45) is 0 Å². The molecule has 34 heavy (non-hydrogen) atoms. The molecule has 1 aromatic heterocycles. The van der Waals surface area contributed by atoms with E-state index >= 15 is 0 Å². The molecule has 8 nitrogen and oxygen atoms in total. The Kier molecular flexibility index (Phi) is 10.3. The lowest BCUT2D eigenvalue weighted by Gasteiger charge is -2.19. The van der Waals surface area contributed by atoms with Gasteiger partial charge in [0.15, 0.2) is 17.3 Å². The number of para-hydroxylation sites is 2. The molecule has 0 aliphatic heterocycles. The first-order chi connectivity index (χ1) is 16.3. The fourth-order valence-electron chi connectivity index (χ4n) is 2.79. The maximum Gasteiger partial charge on any atom is 0.350 e. The summed E-state index contributed by atoms with van der Waals surface area (Å²) in [6.45, 7) is 10.2. The molecule has 0 aliphatic rings. The molecule has 0 amide bonds. The number of anilines is 1. The van der Waals surface area contributed by atoms with Crippen LogP contribution in [0.2, 0.25) is 0 Å². The molecule has 0 bridgehead atoms. The Morgan fingerprint density at radius 3 is 2.29 bits per heavy atom. The molecule has 3 rings (SSSR count). The van der Waals surface area contributed by atoms with E-state index in [4.69, 9.17) is 19.3 Å². The number of aliphatic hydroxyl groups excluding tert-OH is 1. The summed E-state index contributed by atoms with van der Waals surface area (Å²) < 4.78 is 20.0. The number of nitrogens with zero attached hydrogens (tertiary/aromatic N) is 1. The summed E-state index contributed by atoms with van der Waals surface area (Å²) in [5.41, 5.74) is 0.664. The summed E-state index contributed by atoms with van der Waals surface area (Å²) in [6, 6.07) is 15.2. The molecule has 3 aromatic rings. The van der Waals surface area contributed by atoms with Crippen LogP contribution in [0.4, 0.5) is 5.82 Å². The average molecular weight is 488 g/mol. The second-order valence-corrected chi connectivity index (χ2v) is 8.73. The number of H-pyrrole nitrogens is 1. The molecule has 0 atom stereocenters. The molecule has 3 N–H and O–H groups in total. The van der Waals surface area contributed by atoms with Crippen molar-refractivity contribution in [2.45, 2.75) is 44.9 Å². The molecule has 0 radical (unpaired) electrons. The molecule has 0 saturated heterocycles. The molecule has 184 valence electrons. The molecule has 1 heterocycles. The third kappa shape index (κ3) is 7.43. The predicted octanol–water partition coefficient (Wildman–Crippen LogP) is 5.38. The van der Waals surface area contributed by atoms with Crippen LogP contribution in [0, 0.1) is 0 Å². The number of aliphatic hydroxyl groups is 1. The van der Waals surface area contributed by atoms with E-state index < -0.39 is 5.69 Å². The van der Waals surface area contributed by atoms with Gasteiger partial charge in [0.05, 0.1) is 13.7 Å². The van der Waals surface area contributed by atoms with E-state index in [1.165, 1.54) is 24.6 Å². The molecular weight excluding hydrogens is 454 g/mol. The highest BCUT2D eigenvalue weighted by molar-refractivity contribution is 8.00. The lowest BCUT2D eigenvalue weighted by molar-refractivity contribution is 0.192. The fourth-order valence-corrected chi connectivity index (χ4v) is 3.43. The number of aromatic amines is 1. The first kappa shape index (κ1) is 27.1. The Morgan fingerprint density at radius 2 is 1.71 bits per heavy atom. The number of aromatic nitrogens is 2. The monoisotopic (exact) mass is 487 g/mol. The van der Waals surface area contributed by atoms with Gasteiger partial charge in [-0.3, -0.25) is 4.98 Å². The smallest absolute Gasteiger partial charge is 0.350 e. The van der Waals surface area contributed by atoms with Gasteiger partial charge in [0, 0.05) is 4.90 Å². The molecule has 0 fully saturated rings. The third-order valence-electron chi connectivity index (χ3n) is 4.46. The fraction of sp³-hybridized carbons (Fsp3) is 0.360. The number of ether oxygens (including phenoxy) is 3. The van der Waals surface area contributed by atoms with Crippen molar-refractivity contribution < 1.29 is 19.3 Å². The molecule has 0 saturated carbocycles. The van der Waals surface area contributed by atoms with E-state index in [-0.39, 0.29) is 36.1 Å². The number of benzene rings is 2. The van der Waals surface area contributed by atoms with Gasteiger partial charge in [-0.05, 0) is 47.2 Å². The van der Waals surface area contributed by atoms with Crippen LogP contribution in [0.3, 0.4) is 0 Å². The molecule has 0 unspecified atom stereocenters. The van der Waals surface area contributed by atoms with Crippen molar-refractivity contribution in [2.75, 3.05) is 25.0 Å². The topological polar surface area (TPSA) is 106 Å². The van der Waals surface area contributed by atoms with Crippen molar-refractivity contribution in [3.63, 3.8) is 0 Å². The highest BCUT2D eigenvalue weighted by atomic mass is 32.2. The van der Waals surface area contributed by atoms with Gasteiger partial charge in [0.25, 0.3) is 5.88 Å². The predicted molar refractivity (Wildman–Crippen MR) is 136 cm³/mol. The molecule has 0 spiro atoms. The van der Waals surface area contributed by atoms with Crippen LogP contribution in [-0.4, -0.2) is 35.4 Å². The standard InChI is InChI=1S/C23H27N3O5S.C2H6/c1-23(2,3)15-9-11-16(12-10-15)32-26-20-19(21(30-14-13-27)25-22(28)24-20)31-18-8-6-5-7-17(18)29-4;1-2/h5-12,27H,13-14H2,1-4H3,(H2,24,25,26,28);1-2H3. The van der Waals surface area contributed by atoms with Crippen LogP contribution in [-0.2, 0) is 5.41 Å². The zero-order valence-corrected chi connectivity index (χ0v) is 21.3. The first-order valence-electron chi connectivity index (χ1n) is 11.0. The highest BCUT2D eigenvalue weighted by Crippen LogP contribution is 2.40. The van der Waals surface area contributed by atoms with Gasteiger partial charge >= 0.3 is 5.69 Å². The van der Waals surface area contributed by atoms with Crippen LogP contribution < -0.4 is 24.6 Å². The minimum Gasteiger partial charge on any atom is -0.493 e. The zero-order valence-electron chi connectivity index (χ0n) is 20.5. The summed E-state index contributed by atoms with van der Waals surface area (Å²) in [5.74, 6) is 1.32. The summed E-state index contributed by atoms with van der Waals surface area (Å²) in [5, 5.41) is 9.14. The highest BCUT2D eigenvalue weighted by Gasteiger charge is 2.19. The Labute approximate surface area is 204 Å². The summed E-state index contributed by atoms with van der Waals surface area (Å²) in [7, 11) is 1.53. The second-order valence-electron chi connectivity index (χ2n) is 7.85. The van der Waals surface area contributed by atoms with E-state index in [2.05, 4.69) is 47.6 Å². The Bertz CT molecular complexity index is 1090. The van der Waals surface area contributed by atoms with Gasteiger partial charge in [0.2, 0.25) is 5.75 Å². The van der Waals surface area contributed by atoms with Gasteiger partial charge in [-0.1, -0.05) is 58.9 Å². The molecule has 0 aliphatic carbocycles. The number of hydrogen-bond acceptors (Lipinski definition) is 8. The Balaban J connectivity index is 0.00000199. The average Bonchev–Trinajstić information content (AvgIpc) is 2.84. The summed E-state index contributed by atoms with van der Waals surface area (Å²) in [4.78, 5) is 19.6. The van der Waals surface area contributed by atoms with Gasteiger partial charge in [-0.25, -0.2) is 4.79 Å². The maximum absolute atomic E-state index is 12.1.